The summed E-state index contributed by atoms with van der Waals surface area (Å²) in [6, 6.07) is 5.67. The molecule has 0 atom stereocenters. The van der Waals surface area contributed by atoms with Crippen molar-refractivity contribution in [1.29, 1.82) is 0 Å². The van der Waals surface area contributed by atoms with Gasteiger partial charge < -0.3 is 26.1 Å². The lowest BCUT2D eigenvalue weighted by Crippen LogP contribution is -2.32. The smallest absolute Gasteiger partial charge is 0.408 e. The molecule has 31 heavy (non-hydrogen) atoms. The van der Waals surface area contributed by atoms with Crippen molar-refractivity contribution in [2.75, 3.05) is 17.6 Å². The molecule has 3 aromatic rings. The van der Waals surface area contributed by atoms with Gasteiger partial charge in [-0.05, 0) is 45.4 Å². The number of rotatable bonds is 5. The Labute approximate surface area is 181 Å². The fourth-order valence-electron chi connectivity index (χ4n) is 2.70. The van der Waals surface area contributed by atoms with Crippen LogP contribution in [0.1, 0.15) is 51.1 Å². The number of hydrogen-bond acceptors (Lipinski definition) is 7. The maximum absolute atomic E-state index is 11.8. The molecule has 0 aliphatic heterocycles. The first-order valence-corrected chi connectivity index (χ1v) is 10.1. The highest BCUT2D eigenvalue weighted by atomic mass is 16.6. The first-order valence-electron chi connectivity index (χ1n) is 10.1. The second-order valence-electron chi connectivity index (χ2n) is 7.94. The van der Waals surface area contributed by atoms with Crippen molar-refractivity contribution in [2.45, 2.75) is 46.3 Å². The van der Waals surface area contributed by atoms with Gasteiger partial charge in [-0.1, -0.05) is 18.8 Å². The number of nitrogen functional groups attached to an aromatic ring is 1. The number of nitrogens with zero attached hydrogens (tertiary/aromatic N) is 3. The van der Waals surface area contributed by atoms with Crippen LogP contribution in [0.2, 0.25) is 0 Å². The summed E-state index contributed by atoms with van der Waals surface area (Å²) in [6.45, 7) is 8.52. The second-order valence-corrected chi connectivity index (χ2v) is 7.94. The van der Waals surface area contributed by atoms with Crippen LogP contribution in [-0.4, -0.2) is 38.2 Å². The van der Waals surface area contributed by atoms with E-state index in [1.54, 1.807) is 6.20 Å². The number of carbonyl (C=O) groups is 1. The predicted molar refractivity (Wildman–Crippen MR) is 120 cm³/mol. The van der Waals surface area contributed by atoms with E-state index in [9.17, 15) is 4.79 Å². The highest BCUT2D eigenvalue weighted by molar-refractivity contribution is 5.77. The van der Waals surface area contributed by atoms with Crippen LogP contribution in [0.4, 0.5) is 16.6 Å². The van der Waals surface area contributed by atoms with Gasteiger partial charge in [-0.25, -0.2) is 14.8 Å². The van der Waals surface area contributed by atoms with Crippen LogP contribution in [0.5, 0.6) is 0 Å². The van der Waals surface area contributed by atoms with Crippen LogP contribution in [0.3, 0.4) is 0 Å². The average molecular weight is 422 g/mol. The number of H-pyrrole nitrogens is 1. The number of carbonyl (C=O) groups excluding carboxylic acids is 1. The third kappa shape index (κ3) is 6.34. The molecule has 0 radical (unpaired) electrons. The number of imidazole rings is 1. The Hall–Kier alpha value is -3.80. The SMILES string of the molecule is CCCNc1nc(N)ncc1C#Cc1ccc2nc(CNC(=O)OC(C)(C)C)[nH]c2c1. The summed E-state index contributed by atoms with van der Waals surface area (Å²) in [5.41, 5.74) is 8.23. The number of benzene rings is 1. The van der Waals surface area contributed by atoms with Crippen LogP contribution >= 0.6 is 0 Å². The lowest BCUT2D eigenvalue weighted by molar-refractivity contribution is 0.0522. The van der Waals surface area contributed by atoms with Gasteiger partial charge in [0, 0.05) is 12.1 Å². The minimum absolute atomic E-state index is 0.204. The van der Waals surface area contributed by atoms with Gasteiger partial charge >= 0.3 is 6.09 Å². The van der Waals surface area contributed by atoms with E-state index in [1.807, 2.05) is 39.0 Å². The molecule has 0 unspecified atom stereocenters. The fraction of sp³-hybridized carbons (Fsp3) is 0.364. The van der Waals surface area contributed by atoms with Gasteiger partial charge in [-0.3, -0.25) is 0 Å². The highest BCUT2D eigenvalue weighted by Crippen LogP contribution is 2.15. The van der Waals surface area contributed by atoms with Crippen molar-refractivity contribution in [2.24, 2.45) is 0 Å². The molecule has 0 aliphatic rings. The van der Waals surface area contributed by atoms with E-state index in [4.69, 9.17) is 10.5 Å². The number of aromatic nitrogens is 4. The van der Waals surface area contributed by atoms with Gasteiger partial charge in [0.2, 0.25) is 5.95 Å². The van der Waals surface area contributed by atoms with Crippen molar-refractivity contribution >= 4 is 28.9 Å². The number of amides is 1. The summed E-state index contributed by atoms with van der Waals surface area (Å²) >= 11 is 0. The normalized spacial score (nSPS) is 11.0. The summed E-state index contributed by atoms with van der Waals surface area (Å²) in [5.74, 6) is 7.68. The van der Waals surface area contributed by atoms with E-state index in [-0.39, 0.29) is 12.5 Å². The molecule has 0 saturated heterocycles. The molecule has 0 aliphatic carbocycles. The van der Waals surface area contributed by atoms with Gasteiger partial charge in [0.25, 0.3) is 0 Å². The first kappa shape index (κ1) is 21.9. The zero-order chi connectivity index (χ0) is 22.4. The molecule has 0 bridgehead atoms. The van der Waals surface area contributed by atoms with Crippen molar-refractivity contribution in [3.05, 3.63) is 41.3 Å². The number of nitrogens with one attached hydrogen (secondary N) is 3. The first-order chi connectivity index (χ1) is 14.7. The molecule has 2 aromatic heterocycles. The highest BCUT2D eigenvalue weighted by Gasteiger charge is 2.16. The van der Waals surface area contributed by atoms with Gasteiger partial charge in [-0.2, -0.15) is 4.98 Å². The summed E-state index contributed by atoms with van der Waals surface area (Å²) < 4.78 is 5.23. The standard InChI is InChI=1S/C22H27N7O2/c1-5-10-24-19-15(12-25-20(23)29-19)8-6-14-7-9-16-17(11-14)28-18(27-16)13-26-21(30)31-22(2,3)4/h7,9,11-12H,5,10,13H2,1-4H3,(H,26,30)(H,27,28)(H3,23,24,25,29). The Bertz CT molecular complexity index is 1140. The molecule has 9 nitrogen and oxygen atoms in total. The molecular weight excluding hydrogens is 394 g/mol. The van der Waals surface area contributed by atoms with Crippen molar-refractivity contribution < 1.29 is 9.53 Å². The summed E-state index contributed by atoms with van der Waals surface area (Å²) in [5, 5.41) is 5.91. The molecule has 1 amide bonds. The van der Waals surface area contributed by atoms with Crippen LogP contribution in [0, 0.1) is 11.8 Å². The van der Waals surface area contributed by atoms with Crippen LogP contribution < -0.4 is 16.4 Å². The Morgan fingerprint density at radius 1 is 1.26 bits per heavy atom. The van der Waals surface area contributed by atoms with Crippen LogP contribution in [-0.2, 0) is 11.3 Å². The average Bonchev–Trinajstić information content (AvgIpc) is 3.11. The maximum atomic E-state index is 11.8. The van der Waals surface area contributed by atoms with Gasteiger partial charge in [-0.15, -0.1) is 0 Å². The van der Waals surface area contributed by atoms with E-state index < -0.39 is 11.7 Å². The number of ether oxygens (including phenoxy) is 1. The molecule has 0 fully saturated rings. The van der Waals surface area contributed by atoms with E-state index in [0.717, 1.165) is 29.6 Å². The summed E-state index contributed by atoms with van der Waals surface area (Å²) in [4.78, 5) is 27.8. The van der Waals surface area contributed by atoms with Gasteiger partial charge in [0.15, 0.2) is 0 Å². The zero-order valence-electron chi connectivity index (χ0n) is 18.2. The van der Waals surface area contributed by atoms with Crippen molar-refractivity contribution in [3.8, 4) is 11.8 Å². The number of alkyl carbamates (subject to hydrolysis) is 1. The van der Waals surface area contributed by atoms with E-state index in [2.05, 4.69) is 49.3 Å². The molecule has 1 aromatic carbocycles. The summed E-state index contributed by atoms with van der Waals surface area (Å²) in [6.07, 6.45) is 2.08. The Morgan fingerprint density at radius 3 is 2.81 bits per heavy atom. The van der Waals surface area contributed by atoms with Crippen LogP contribution in [0.15, 0.2) is 24.4 Å². The second kappa shape index (κ2) is 9.34. The molecule has 9 heteroatoms. The predicted octanol–water partition coefficient (Wildman–Crippen LogP) is 3.18. The summed E-state index contributed by atoms with van der Waals surface area (Å²) in [7, 11) is 0. The topological polar surface area (TPSA) is 131 Å². The van der Waals surface area contributed by atoms with E-state index >= 15 is 0 Å². The Kier molecular flexibility index (Phi) is 6.60. The quantitative estimate of drug-likeness (QED) is 0.465. The van der Waals surface area contributed by atoms with Crippen molar-refractivity contribution in [3.63, 3.8) is 0 Å². The minimum atomic E-state index is -0.549. The Balaban J connectivity index is 1.74. The molecular formula is C22H27N7O2. The third-order valence-electron chi connectivity index (χ3n) is 4.02. The van der Waals surface area contributed by atoms with Gasteiger partial charge in [0.05, 0.1) is 29.3 Å². The molecule has 0 saturated carbocycles. The Morgan fingerprint density at radius 2 is 2.06 bits per heavy atom. The molecule has 2 heterocycles. The number of anilines is 2. The monoisotopic (exact) mass is 421 g/mol. The molecule has 0 spiro atoms. The third-order valence-corrected chi connectivity index (χ3v) is 4.02. The van der Waals surface area contributed by atoms with E-state index in [1.165, 1.54) is 0 Å². The molecule has 3 rings (SSSR count). The lowest BCUT2D eigenvalue weighted by atomic mass is 10.2. The largest absolute Gasteiger partial charge is 0.444 e. The fourth-order valence-corrected chi connectivity index (χ4v) is 2.70. The lowest BCUT2D eigenvalue weighted by Gasteiger charge is -2.19. The van der Waals surface area contributed by atoms with E-state index in [0.29, 0.717) is 17.2 Å². The maximum Gasteiger partial charge on any atom is 0.408 e. The zero-order valence-corrected chi connectivity index (χ0v) is 18.2. The minimum Gasteiger partial charge on any atom is -0.444 e. The van der Waals surface area contributed by atoms with Crippen LogP contribution in [0.25, 0.3) is 11.0 Å². The number of fused-ring (bicyclic) bond motifs is 1. The number of aromatic amines is 1. The van der Waals surface area contributed by atoms with Gasteiger partial charge in [0.1, 0.15) is 17.2 Å². The molecule has 162 valence electrons. The molecule has 5 N–H and O–H groups in total. The van der Waals surface area contributed by atoms with Crippen molar-refractivity contribution in [1.82, 2.24) is 25.3 Å². The number of nitrogens with two attached hydrogens (primary N) is 1. The number of hydrogen-bond donors (Lipinski definition) is 4.